The molecule has 9 nitrogen and oxygen atoms in total. The quantitative estimate of drug-likeness (QED) is 0.196. The maximum Gasteiger partial charge on any atom is 0.513 e. The van der Waals surface area contributed by atoms with E-state index in [0.29, 0.717) is 0 Å². The first-order chi connectivity index (χ1) is 15.9. The van der Waals surface area contributed by atoms with E-state index < -0.39 is 29.7 Å². The number of hydrogen-bond donors (Lipinski definition) is 0. The number of carbonyl (C=O) groups is 3. The summed E-state index contributed by atoms with van der Waals surface area (Å²) in [6.07, 6.45) is 0.460. The summed E-state index contributed by atoms with van der Waals surface area (Å²) in [6, 6.07) is 13.6. The molecule has 0 aliphatic heterocycles. The standard InChI is InChI=1S/C25H30O9/c1-7-17-9-13-19(14-10-17)21(26)31-33-24(3,4)29-23(28)30-25(5,6)34-32-22(27)20-15-11-18(8-2)12-16-20/h9-16H,7-8H2,1-6H3. The van der Waals surface area contributed by atoms with Crippen LogP contribution in [0.25, 0.3) is 0 Å². The van der Waals surface area contributed by atoms with Crippen LogP contribution in [0.4, 0.5) is 4.79 Å². The molecule has 0 aromatic heterocycles. The third kappa shape index (κ3) is 8.49. The second-order valence-corrected chi connectivity index (χ2v) is 8.26. The zero-order chi connectivity index (χ0) is 25.4. The fraction of sp³-hybridized carbons (Fsp3) is 0.400. The highest BCUT2D eigenvalue weighted by molar-refractivity contribution is 5.89. The molecule has 0 aliphatic carbocycles. The van der Waals surface area contributed by atoms with Crippen LogP contribution in [0.5, 0.6) is 0 Å². The van der Waals surface area contributed by atoms with Gasteiger partial charge < -0.3 is 9.47 Å². The van der Waals surface area contributed by atoms with Gasteiger partial charge >= 0.3 is 18.1 Å². The van der Waals surface area contributed by atoms with Crippen molar-refractivity contribution in [2.45, 2.75) is 66.0 Å². The molecule has 2 aromatic carbocycles. The molecule has 0 atom stereocenters. The first kappa shape index (κ1) is 26.8. The average molecular weight is 475 g/mol. The van der Waals surface area contributed by atoms with Crippen molar-refractivity contribution in [1.82, 2.24) is 0 Å². The van der Waals surface area contributed by atoms with Crippen molar-refractivity contribution in [3.05, 3.63) is 70.8 Å². The van der Waals surface area contributed by atoms with Crippen LogP contribution >= 0.6 is 0 Å². The highest BCUT2D eigenvalue weighted by atomic mass is 17.3. The van der Waals surface area contributed by atoms with Crippen LogP contribution < -0.4 is 0 Å². The van der Waals surface area contributed by atoms with Gasteiger partial charge in [0.25, 0.3) is 11.6 Å². The first-order valence-electron chi connectivity index (χ1n) is 10.8. The molecular formula is C25H30O9. The molecule has 0 spiro atoms. The molecule has 184 valence electrons. The van der Waals surface area contributed by atoms with Crippen molar-refractivity contribution < 1.29 is 43.4 Å². The van der Waals surface area contributed by atoms with Crippen LogP contribution in [0, 0.1) is 0 Å². The van der Waals surface area contributed by atoms with Crippen molar-refractivity contribution in [3.63, 3.8) is 0 Å². The van der Waals surface area contributed by atoms with E-state index in [9.17, 15) is 14.4 Å². The van der Waals surface area contributed by atoms with Crippen LogP contribution in [-0.4, -0.2) is 29.7 Å². The fourth-order valence-electron chi connectivity index (χ4n) is 2.58. The molecule has 0 radical (unpaired) electrons. The van der Waals surface area contributed by atoms with E-state index in [0.717, 1.165) is 24.0 Å². The minimum atomic E-state index is -1.68. The monoisotopic (exact) mass is 474 g/mol. The summed E-state index contributed by atoms with van der Waals surface area (Å²) in [7, 11) is 0. The molecule has 0 fully saturated rings. The summed E-state index contributed by atoms with van der Waals surface area (Å²) in [5.41, 5.74) is 2.68. The van der Waals surface area contributed by atoms with Gasteiger partial charge in [-0.05, 0) is 48.2 Å². The minimum absolute atomic E-state index is 0.274. The predicted molar refractivity (Wildman–Crippen MR) is 120 cm³/mol. The molecule has 0 amide bonds. The van der Waals surface area contributed by atoms with Crippen molar-refractivity contribution in [3.8, 4) is 0 Å². The molecule has 0 N–H and O–H groups in total. The Bertz CT molecular complexity index is 897. The van der Waals surface area contributed by atoms with E-state index in [2.05, 4.69) is 0 Å². The Balaban J connectivity index is 1.81. The van der Waals surface area contributed by atoms with Gasteiger partial charge in [-0.2, -0.15) is 0 Å². The molecule has 0 unspecified atom stereocenters. The molecule has 0 heterocycles. The Morgan fingerprint density at radius 2 is 0.941 bits per heavy atom. The zero-order valence-electron chi connectivity index (χ0n) is 20.2. The Labute approximate surface area is 198 Å². The largest absolute Gasteiger partial charge is 0.513 e. The van der Waals surface area contributed by atoms with Crippen molar-refractivity contribution in [1.29, 1.82) is 0 Å². The van der Waals surface area contributed by atoms with Crippen LogP contribution in [0.3, 0.4) is 0 Å². The fourth-order valence-corrected chi connectivity index (χ4v) is 2.58. The van der Waals surface area contributed by atoms with E-state index >= 15 is 0 Å². The van der Waals surface area contributed by atoms with Gasteiger partial charge in [-0.3, -0.25) is 9.78 Å². The van der Waals surface area contributed by atoms with Crippen LogP contribution in [0.15, 0.2) is 48.5 Å². The summed E-state index contributed by atoms with van der Waals surface area (Å²) in [5, 5.41) is 0. The van der Waals surface area contributed by atoms with Crippen LogP contribution in [0.1, 0.15) is 73.4 Å². The van der Waals surface area contributed by atoms with Gasteiger partial charge in [0.2, 0.25) is 0 Å². The molecule has 9 heteroatoms. The summed E-state index contributed by atoms with van der Waals surface area (Å²) in [5.74, 6) is -4.86. The topological polar surface area (TPSA) is 107 Å². The SMILES string of the molecule is CCc1ccc(C(=O)OOC(C)(C)OC(=O)OC(C)(C)OOC(=O)c2ccc(CC)cc2)cc1. The van der Waals surface area contributed by atoms with Gasteiger partial charge in [0.15, 0.2) is 0 Å². The van der Waals surface area contributed by atoms with Crippen LogP contribution in [0.2, 0.25) is 0 Å². The third-order valence-electron chi connectivity index (χ3n) is 4.49. The zero-order valence-corrected chi connectivity index (χ0v) is 20.2. The summed E-state index contributed by atoms with van der Waals surface area (Å²) in [4.78, 5) is 55.9. The molecule has 2 rings (SSSR count). The number of rotatable bonds is 10. The maximum absolute atomic E-state index is 12.2. The molecule has 0 aliphatic rings. The van der Waals surface area contributed by atoms with E-state index in [-0.39, 0.29) is 11.1 Å². The first-order valence-corrected chi connectivity index (χ1v) is 10.8. The predicted octanol–water partition coefficient (Wildman–Crippen LogP) is 5.31. The Morgan fingerprint density at radius 3 is 1.24 bits per heavy atom. The molecule has 0 bridgehead atoms. The third-order valence-corrected chi connectivity index (χ3v) is 4.49. The average Bonchev–Trinajstić information content (AvgIpc) is 2.80. The highest BCUT2D eigenvalue weighted by Gasteiger charge is 2.34. The molecular weight excluding hydrogens is 444 g/mol. The van der Waals surface area contributed by atoms with Crippen LogP contribution in [-0.2, 0) is 41.9 Å². The second kappa shape index (κ2) is 11.6. The minimum Gasteiger partial charge on any atom is -0.398 e. The Hall–Kier alpha value is -3.43. The highest BCUT2D eigenvalue weighted by Crippen LogP contribution is 2.20. The molecule has 2 aromatic rings. The van der Waals surface area contributed by atoms with Crippen molar-refractivity contribution in [2.75, 3.05) is 0 Å². The lowest BCUT2D eigenvalue weighted by Crippen LogP contribution is -2.38. The van der Waals surface area contributed by atoms with Gasteiger partial charge in [-0.1, -0.05) is 38.1 Å². The molecule has 0 saturated heterocycles. The number of hydrogen-bond acceptors (Lipinski definition) is 9. The van der Waals surface area contributed by atoms with Gasteiger partial charge in [-0.25, -0.2) is 14.4 Å². The lowest BCUT2D eigenvalue weighted by molar-refractivity contribution is -0.391. The number of aryl methyl sites for hydroxylation is 2. The number of carbonyl (C=O) groups excluding carboxylic acids is 3. The summed E-state index contributed by atoms with van der Waals surface area (Å²) < 4.78 is 10.1. The van der Waals surface area contributed by atoms with Gasteiger partial charge in [0.05, 0.1) is 11.1 Å². The van der Waals surface area contributed by atoms with Gasteiger partial charge in [-0.15, -0.1) is 9.78 Å². The maximum atomic E-state index is 12.2. The second-order valence-electron chi connectivity index (χ2n) is 8.26. The smallest absolute Gasteiger partial charge is 0.398 e. The lowest BCUT2D eigenvalue weighted by Gasteiger charge is -2.26. The van der Waals surface area contributed by atoms with E-state index in [1.165, 1.54) is 27.7 Å². The van der Waals surface area contributed by atoms with E-state index in [1.807, 2.05) is 13.8 Å². The summed E-state index contributed by atoms with van der Waals surface area (Å²) in [6.45, 7) is 9.36. The molecule has 34 heavy (non-hydrogen) atoms. The Kier molecular flexibility index (Phi) is 9.17. The number of ether oxygens (including phenoxy) is 2. The van der Waals surface area contributed by atoms with Gasteiger partial charge in [0, 0.05) is 27.7 Å². The normalized spacial score (nSPS) is 11.5. The van der Waals surface area contributed by atoms with Gasteiger partial charge in [0.1, 0.15) is 0 Å². The summed E-state index contributed by atoms with van der Waals surface area (Å²) >= 11 is 0. The van der Waals surface area contributed by atoms with Crippen molar-refractivity contribution in [2.24, 2.45) is 0 Å². The molecule has 0 saturated carbocycles. The lowest BCUT2D eigenvalue weighted by atomic mass is 10.1. The van der Waals surface area contributed by atoms with E-state index in [4.69, 9.17) is 29.0 Å². The Morgan fingerprint density at radius 1 is 0.618 bits per heavy atom. The van der Waals surface area contributed by atoms with E-state index in [1.54, 1.807) is 48.5 Å². The van der Waals surface area contributed by atoms with Crippen molar-refractivity contribution >= 4 is 18.1 Å². The number of benzene rings is 2.